The summed E-state index contributed by atoms with van der Waals surface area (Å²) in [7, 11) is 0. The van der Waals surface area contributed by atoms with E-state index in [1.165, 1.54) is 47.4 Å². The molecule has 0 aromatic carbocycles. The van der Waals surface area contributed by atoms with Crippen molar-refractivity contribution in [3.8, 4) is 11.8 Å². The first kappa shape index (κ1) is 12.3. The maximum Gasteiger partial charge on any atom is 0.0773 e. The number of rotatable bonds is 5. The third-order valence-corrected chi connectivity index (χ3v) is 3.58. The zero-order chi connectivity index (χ0) is 11.1. The lowest BCUT2D eigenvalue weighted by Gasteiger charge is -1.98. The molecule has 0 aliphatic rings. The van der Waals surface area contributed by atoms with Crippen molar-refractivity contribution in [3.63, 3.8) is 0 Å². The van der Waals surface area contributed by atoms with E-state index in [2.05, 4.69) is 31.8 Å². The molecule has 1 heteroatoms. The first-order chi connectivity index (χ1) is 7.27. The minimum Gasteiger partial charge on any atom is -0.132 e. The molecule has 0 saturated heterocycles. The van der Waals surface area contributed by atoms with Crippen LogP contribution in [0.15, 0.2) is 6.07 Å². The molecular weight excluding hydrogens is 200 g/mol. The van der Waals surface area contributed by atoms with Gasteiger partial charge in [-0.25, -0.2) is 0 Å². The summed E-state index contributed by atoms with van der Waals surface area (Å²) in [6.45, 7) is 6.36. The van der Waals surface area contributed by atoms with Crippen molar-refractivity contribution in [3.05, 3.63) is 21.4 Å². The molecule has 0 spiro atoms. The summed E-state index contributed by atoms with van der Waals surface area (Å²) < 4.78 is 0. The number of unbranched alkanes of at least 4 members (excludes halogenated alkanes) is 3. The lowest BCUT2D eigenvalue weighted by atomic mass is 10.1. The van der Waals surface area contributed by atoms with Gasteiger partial charge in [0.05, 0.1) is 4.88 Å². The fourth-order valence-corrected chi connectivity index (χ4v) is 2.67. The van der Waals surface area contributed by atoms with Crippen molar-refractivity contribution in [1.29, 1.82) is 0 Å². The van der Waals surface area contributed by atoms with Gasteiger partial charge in [0.25, 0.3) is 0 Å². The Morgan fingerprint density at radius 1 is 1.27 bits per heavy atom. The number of hydrogen-bond acceptors (Lipinski definition) is 1. The van der Waals surface area contributed by atoms with Crippen molar-refractivity contribution in [1.82, 2.24) is 0 Å². The molecule has 1 aromatic rings. The topological polar surface area (TPSA) is 0 Å². The Labute approximate surface area is 97.7 Å². The van der Waals surface area contributed by atoms with Gasteiger partial charge in [-0.1, -0.05) is 32.1 Å². The lowest BCUT2D eigenvalue weighted by Crippen LogP contribution is -1.84. The maximum absolute atomic E-state index is 3.14. The van der Waals surface area contributed by atoms with Crippen LogP contribution in [0.1, 0.15) is 54.8 Å². The molecular formula is C14H20S. The molecule has 82 valence electrons. The van der Waals surface area contributed by atoms with E-state index in [0.717, 1.165) is 0 Å². The SMILES string of the molecule is CC#Cc1cc(CCCCCC)c(C)s1. The Morgan fingerprint density at radius 3 is 2.73 bits per heavy atom. The van der Waals surface area contributed by atoms with E-state index >= 15 is 0 Å². The Balaban J connectivity index is 2.48. The van der Waals surface area contributed by atoms with Crippen LogP contribution in [0.2, 0.25) is 0 Å². The van der Waals surface area contributed by atoms with Gasteiger partial charge in [-0.15, -0.1) is 17.3 Å². The largest absolute Gasteiger partial charge is 0.132 e. The van der Waals surface area contributed by atoms with Crippen LogP contribution in [0.3, 0.4) is 0 Å². The quantitative estimate of drug-likeness (QED) is 0.504. The first-order valence-corrected chi connectivity index (χ1v) is 6.61. The van der Waals surface area contributed by atoms with E-state index in [9.17, 15) is 0 Å². The van der Waals surface area contributed by atoms with Crippen LogP contribution in [0, 0.1) is 18.8 Å². The zero-order valence-electron chi connectivity index (χ0n) is 10.0. The van der Waals surface area contributed by atoms with Crippen LogP contribution in [-0.2, 0) is 6.42 Å². The molecule has 0 N–H and O–H groups in total. The van der Waals surface area contributed by atoms with E-state index in [0.29, 0.717) is 0 Å². The Bertz CT molecular complexity index is 349. The van der Waals surface area contributed by atoms with Gasteiger partial charge in [-0.3, -0.25) is 0 Å². The van der Waals surface area contributed by atoms with Crippen molar-refractivity contribution >= 4 is 11.3 Å². The van der Waals surface area contributed by atoms with Crippen molar-refractivity contribution < 1.29 is 0 Å². The first-order valence-electron chi connectivity index (χ1n) is 5.80. The van der Waals surface area contributed by atoms with Crippen LogP contribution in [0.25, 0.3) is 0 Å². The molecule has 1 heterocycles. The monoisotopic (exact) mass is 220 g/mol. The van der Waals surface area contributed by atoms with E-state index in [-0.39, 0.29) is 0 Å². The molecule has 0 bridgehead atoms. The third kappa shape index (κ3) is 4.10. The van der Waals surface area contributed by atoms with Gasteiger partial charge >= 0.3 is 0 Å². The zero-order valence-corrected chi connectivity index (χ0v) is 10.8. The molecule has 0 fully saturated rings. The third-order valence-electron chi connectivity index (χ3n) is 2.57. The molecule has 0 saturated carbocycles. The van der Waals surface area contributed by atoms with Gasteiger partial charge in [0, 0.05) is 4.88 Å². The average Bonchev–Trinajstić information content (AvgIpc) is 2.55. The molecule has 0 atom stereocenters. The fraction of sp³-hybridized carbons (Fsp3) is 0.571. The van der Waals surface area contributed by atoms with Crippen molar-refractivity contribution in [2.75, 3.05) is 0 Å². The second-order valence-electron chi connectivity index (χ2n) is 3.88. The number of aryl methyl sites for hydroxylation is 2. The highest BCUT2D eigenvalue weighted by atomic mass is 32.1. The molecule has 0 nitrogen and oxygen atoms in total. The predicted molar refractivity (Wildman–Crippen MR) is 69.5 cm³/mol. The highest BCUT2D eigenvalue weighted by Gasteiger charge is 2.03. The molecule has 0 radical (unpaired) electrons. The van der Waals surface area contributed by atoms with E-state index in [1.54, 1.807) is 0 Å². The van der Waals surface area contributed by atoms with Gasteiger partial charge in [-0.05, 0) is 38.3 Å². The summed E-state index contributed by atoms with van der Waals surface area (Å²) >= 11 is 1.83. The van der Waals surface area contributed by atoms with Gasteiger partial charge in [-0.2, -0.15) is 0 Å². The molecule has 1 rings (SSSR count). The average molecular weight is 220 g/mol. The van der Waals surface area contributed by atoms with E-state index in [1.807, 2.05) is 18.3 Å². The van der Waals surface area contributed by atoms with E-state index < -0.39 is 0 Å². The van der Waals surface area contributed by atoms with Gasteiger partial charge < -0.3 is 0 Å². The Morgan fingerprint density at radius 2 is 2.07 bits per heavy atom. The van der Waals surface area contributed by atoms with Crippen LogP contribution >= 0.6 is 11.3 Å². The van der Waals surface area contributed by atoms with Crippen molar-refractivity contribution in [2.24, 2.45) is 0 Å². The van der Waals surface area contributed by atoms with Crippen LogP contribution in [-0.4, -0.2) is 0 Å². The number of hydrogen-bond donors (Lipinski definition) is 0. The summed E-state index contributed by atoms with van der Waals surface area (Å²) in [5, 5.41) is 0. The predicted octanol–water partition coefficient (Wildman–Crippen LogP) is 4.55. The molecule has 0 aliphatic carbocycles. The molecule has 0 amide bonds. The van der Waals surface area contributed by atoms with Crippen LogP contribution in [0.5, 0.6) is 0 Å². The maximum atomic E-state index is 3.14. The minimum absolute atomic E-state index is 1.22. The summed E-state index contributed by atoms with van der Waals surface area (Å²) in [6, 6.07) is 2.27. The summed E-state index contributed by atoms with van der Waals surface area (Å²) in [5.41, 5.74) is 1.51. The Kier molecular flexibility index (Phi) is 5.50. The highest BCUT2D eigenvalue weighted by Crippen LogP contribution is 2.22. The van der Waals surface area contributed by atoms with Crippen LogP contribution in [0.4, 0.5) is 0 Å². The van der Waals surface area contributed by atoms with E-state index in [4.69, 9.17) is 0 Å². The summed E-state index contributed by atoms with van der Waals surface area (Å²) in [5.74, 6) is 6.10. The standard InChI is InChI=1S/C14H20S/c1-4-6-7-8-10-13-11-14(9-5-2)15-12(13)3/h11H,4,6-8,10H2,1-3H3. The molecule has 15 heavy (non-hydrogen) atoms. The number of thiophene rings is 1. The van der Waals surface area contributed by atoms with Gasteiger partial charge in [0.15, 0.2) is 0 Å². The molecule has 0 unspecified atom stereocenters. The van der Waals surface area contributed by atoms with Crippen molar-refractivity contribution in [2.45, 2.75) is 52.9 Å². The smallest absolute Gasteiger partial charge is 0.0773 e. The second kappa shape index (κ2) is 6.69. The normalized spacial score (nSPS) is 9.80. The lowest BCUT2D eigenvalue weighted by molar-refractivity contribution is 0.666. The second-order valence-corrected chi connectivity index (χ2v) is 5.13. The Hall–Kier alpha value is -0.740. The minimum atomic E-state index is 1.22. The van der Waals surface area contributed by atoms with Crippen LogP contribution < -0.4 is 0 Å². The molecule has 0 aliphatic heterocycles. The summed E-state index contributed by atoms with van der Waals surface area (Å²) in [6.07, 6.45) is 6.60. The summed E-state index contributed by atoms with van der Waals surface area (Å²) in [4.78, 5) is 2.67. The van der Waals surface area contributed by atoms with Gasteiger partial charge in [0.1, 0.15) is 0 Å². The highest BCUT2D eigenvalue weighted by molar-refractivity contribution is 7.12. The fourth-order valence-electron chi connectivity index (χ4n) is 1.70. The molecule has 1 aromatic heterocycles. The van der Waals surface area contributed by atoms with Gasteiger partial charge in [0.2, 0.25) is 0 Å².